The fraction of sp³-hybridized carbons (Fsp3) is 0.474. The molecular weight excluding hydrogens is 302 g/mol. The molecule has 1 aliphatic carbocycles. The summed E-state index contributed by atoms with van der Waals surface area (Å²) in [6.45, 7) is 3.59. The molecule has 1 amide bonds. The Kier molecular flexibility index (Phi) is 3.88. The minimum atomic E-state index is 0.0245. The molecular formula is C19H23N3O2. The predicted octanol–water partition coefficient (Wildman–Crippen LogP) is 2.12. The van der Waals surface area contributed by atoms with Gasteiger partial charge in [-0.15, -0.1) is 0 Å². The molecule has 1 aromatic heterocycles. The summed E-state index contributed by atoms with van der Waals surface area (Å²) >= 11 is 0. The zero-order valence-corrected chi connectivity index (χ0v) is 14.0. The average Bonchev–Trinajstić information content (AvgIpc) is 3.31. The zero-order valence-electron chi connectivity index (χ0n) is 14.0. The maximum atomic E-state index is 13.0. The van der Waals surface area contributed by atoms with Crippen LogP contribution in [-0.4, -0.2) is 45.4 Å². The Bertz CT molecular complexity index is 781. The van der Waals surface area contributed by atoms with Gasteiger partial charge in [0.25, 0.3) is 5.91 Å². The minimum absolute atomic E-state index is 0.0245. The Balaban J connectivity index is 1.72. The van der Waals surface area contributed by atoms with Crippen LogP contribution in [0.5, 0.6) is 0 Å². The lowest BCUT2D eigenvalue weighted by Crippen LogP contribution is -2.30. The van der Waals surface area contributed by atoms with Gasteiger partial charge in [0.2, 0.25) is 0 Å². The van der Waals surface area contributed by atoms with Crippen molar-refractivity contribution in [3.8, 4) is 5.69 Å². The van der Waals surface area contributed by atoms with E-state index < -0.39 is 0 Å². The molecule has 1 aromatic carbocycles. The second kappa shape index (κ2) is 6.06. The number of aryl methyl sites for hydroxylation is 1. The van der Waals surface area contributed by atoms with E-state index in [0.717, 1.165) is 49.0 Å². The highest BCUT2D eigenvalue weighted by Crippen LogP contribution is 2.30. The van der Waals surface area contributed by atoms with Gasteiger partial charge in [-0.25, -0.2) is 4.68 Å². The van der Waals surface area contributed by atoms with Crippen molar-refractivity contribution in [3.63, 3.8) is 0 Å². The number of aliphatic hydroxyl groups excluding tert-OH is 1. The molecule has 5 nitrogen and oxygen atoms in total. The Hall–Kier alpha value is -2.14. The molecule has 0 radical (unpaired) electrons. The van der Waals surface area contributed by atoms with Crippen LogP contribution in [0.15, 0.2) is 24.3 Å². The smallest absolute Gasteiger partial charge is 0.274 e. The number of para-hydroxylation sites is 1. The summed E-state index contributed by atoms with van der Waals surface area (Å²) in [5.74, 6) is 0.233. The SMILES string of the molecule is Cc1ccccc1-n1nc(C(=O)N2CCC(CO)C2)c2c1CCC2. The highest BCUT2D eigenvalue weighted by molar-refractivity contribution is 5.94. The molecule has 126 valence electrons. The Morgan fingerprint density at radius 1 is 1.33 bits per heavy atom. The number of hydrogen-bond donors (Lipinski definition) is 1. The van der Waals surface area contributed by atoms with Crippen LogP contribution < -0.4 is 0 Å². The quantitative estimate of drug-likeness (QED) is 0.940. The first-order chi connectivity index (χ1) is 11.7. The number of likely N-dealkylation sites (tertiary alicyclic amines) is 1. The molecule has 0 bridgehead atoms. The molecule has 1 saturated heterocycles. The van der Waals surface area contributed by atoms with Gasteiger partial charge in [0.15, 0.2) is 5.69 Å². The normalized spacial score (nSPS) is 19.8. The number of fused-ring (bicyclic) bond motifs is 1. The van der Waals surface area contributed by atoms with Gasteiger partial charge in [0.05, 0.1) is 5.69 Å². The van der Waals surface area contributed by atoms with E-state index in [0.29, 0.717) is 12.2 Å². The van der Waals surface area contributed by atoms with E-state index in [1.807, 2.05) is 21.7 Å². The van der Waals surface area contributed by atoms with Crippen molar-refractivity contribution >= 4 is 5.91 Å². The third-order valence-corrected chi connectivity index (χ3v) is 5.31. The van der Waals surface area contributed by atoms with Gasteiger partial charge >= 0.3 is 0 Å². The number of carbonyl (C=O) groups is 1. The molecule has 24 heavy (non-hydrogen) atoms. The van der Waals surface area contributed by atoms with E-state index in [-0.39, 0.29) is 18.4 Å². The highest BCUT2D eigenvalue weighted by atomic mass is 16.3. The van der Waals surface area contributed by atoms with E-state index >= 15 is 0 Å². The maximum Gasteiger partial charge on any atom is 0.274 e. The van der Waals surface area contributed by atoms with Crippen molar-refractivity contribution in [2.45, 2.75) is 32.6 Å². The number of benzene rings is 1. The standard InChI is InChI=1S/C19H23N3O2/c1-13-5-2-3-7-16(13)22-17-8-4-6-15(17)18(20-22)19(24)21-10-9-14(11-21)12-23/h2-3,5,7,14,23H,4,6,8-12H2,1H3. The third kappa shape index (κ3) is 2.44. The summed E-state index contributed by atoms with van der Waals surface area (Å²) < 4.78 is 1.98. The molecule has 0 saturated carbocycles. The Morgan fingerprint density at radius 2 is 2.17 bits per heavy atom. The van der Waals surface area contributed by atoms with Crippen LogP contribution in [-0.2, 0) is 12.8 Å². The lowest BCUT2D eigenvalue weighted by atomic mass is 10.1. The van der Waals surface area contributed by atoms with Crippen LogP contribution in [0.3, 0.4) is 0 Å². The first-order valence-corrected chi connectivity index (χ1v) is 8.76. The summed E-state index contributed by atoms with van der Waals surface area (Å²) in [6, 6.07) is 8.17. The molecule has 1 aliphatic heterocycles. The summed E-state index contributed by atoms with van der Waals surface area (Å²) in [5.41, 5.74) is 5.14. The van der Waals surface area contributed by atoms with Gasteiger partial charge in [0.1, 0.15) is 0 Å². The van der Waals surface area contributed by atoms with Crippen molar-refractivity contribution < 1.29 is 9.90 Å². The van der Waals surface area contributed by atoms with Crippen LogP contribution >= 0.6 is 0 Å². The first-order valence-electron chi connectivity index (χ1n) is 8.76. The largest absolute Gasteiger partial charge is 0.396 e. The number of nitrogens with zero attached hydrogens (tertiary/aromatic N) is 3. The van der Waals surface area contributed by atoms with Crippen LogP contribution in [0.1, 0.15) is 40.2 Å². The average molecular weight is 325 g/mol. The molecule has 2 heterocycles. The number of aromatic nitrogens is 2. The van der Waals surface area contributed by atoms with E-state index in [2.05, 4.69) is 19.1 Å². The predicted molar refractivity (Wildman–Crippen MR) is 91.4 cm³/mol. The van der Waals surface area contributed by atoms with Crippen molar-refractivity contribution in [2.24, 2.45) is 5.92 Å². The number of amides is 1. The monoisotopic (exact) mass is 325 g/mol. The number of rotatable bonds is 3. The molecule has 2 aliphatic rings. The number of carbonyl (C=O) groups excluding carboxylic acids is 1. The van der Waals surface area contributed by atoms with Crippen LogP contribution in [0.4, 0.5) is 0 Å². The molecule has 1 atom stereocenters. The first kappa shape index (κ1) is 15.4. The van der Waals surface area contributed by atoms with Crippen LogP contribution in [0, 0.1) is 12.8 Å². The van der Waals surface area contributed by atoms with E-state index in [9.17, 15) is 9.90 Å². The second-order valence-corrected chi connectivity index (χ2v) is 6.91. The molecule has 4 rings (SSSR count). The number of aliphatic hydroxyl groups is 1. The van der Waals surface area contributed by atoms with Gasteiger partial charge in [-0.1, -0.05) is 18.2 Å². The van der Waals surface area contributed by atoms with Crippen molar-refractivity contribution in [3.05, 3.63) is 46.8 Å². The maximum absolute atomic E-state index is 13.0. The van der Waals surface area contributed by atoms with E-state index in [4.69, 9.17) is 5.10 Å². The lowest BCUT2D eigenvalue weighted by Gasteiger charge is -2.15. The molecule has 0 spiro atoms. The van der Waals surface area contributed by atoms with Crippen LogP contribution in [0.2, 0.25) is 0 Å². The van der Waals surface area contributed by atoms with E-state index in [1.165, 1.54) is 5.69 Å². The van der Waals surface area contributed by atoms with Crippen molar-refractivity contribution in [1.82, 2.24) is 14.7 Å². The fourth-order valence-electron chi connectivity index (χ4n) is 3.93. The second-order valence-electron chi connectivity index (χ2n) is 6.91. The third-order valence-electron chi connectivity index (χ3n) is 5.31. The van der Waals surface area contributed by atoms with Crippen molar-refractivity contribution in [2.75, 3.05) is 19.7 Å². The molecule has 1 N–H and O–H groups in total. The fourth-order valence-corrected chi connectivity index (χ4v) is 3.93. The van der Waals surface area contributed by atoms with Gasteiger partial charge in [-0.05, 0) is 44.2 Å². The summed E-state index contributed by atoms with van der Waals surface area (Å²) in [7, 11) is 0. The van der Waals surface area contributed by atoms with Gasteiger partial charge in [-0.2, -0.15) is 5.10 Å². The molecule has 2 aromatic rings. The number of hydrogen-bond acceptors (Lipinski definition) is 3. The van der Waals surface area contributed by atoms with Gasteiger partial charge in [0, 0.05) is 36.9 Å². The molecule has 1 unspecified atom stereocenters. The minimum Gasteiger partial charge on any atom is -0.396 e. The zero-order chi connectivity index (χ0) is 16.7. The summed E-state index contributed by atoms with van der Waals surface area (Å²) in [4.78, 5) is 14.8. The van der Waals surface area contributed by atoms with Crippen LogP contribution in [0.25, 0.3) is 5.69 Å². The van der Waals surface area contributed by atoms with Crippen molar-refractivity contribution in [1.29, 1.82) is 0 Å². The Morgan fingerprint density at radius 3 is 2.92 bits per heavy atom. The summed E-state index contributed by atoms with van der Waals surface area (Å²) in [5, 5.41) is 14.0. The highest BCUT2D eigenvalue weighted by Gasteiger charge is 2.33. The Labute approximate surface area is 141 Å². The molecule has 5 heteroatoms. The summed E-state index contributed by atoms with van der Waals surface area (Å²) in [6.07, 6.45) is 3.87. The van der Waals surface area contributed by atoms with Gasteiger partial charge < -0.3 is 10.0 Å². The topological polar surface area (TPSA) is 58.4 Å². The lowest BCUT2D eigenvalue weighted by molar-refractivity contribution is 0.0774. The van der Waals surface area contributed by atoms with Gasteiger partial charge in [-0.3, -0.25) is 4.79 Å². The van der Waals surface area contributed by atoms with E-state index in [1.54, 1.807) is 0 Å². The molecule has 1 fully saturated rings.